The predicted molar refractivity (Wildman–Crippen MR) is 143 cm³/mol. The lowest BCUT2D eigenvalue weighted by Gasteiger charge is -2.24. The van der Waals surface area contributed by atoms with Gasteiger partial charge in [-0.3, -0.25) is 19.3 Å². The number of nitrogens with two attached hydrogens (primary N) is 1. The number of aromatic nitrogens is 3. The number of hydrogen-bond donors (Lipinski definition) is 2. The SMILES string of the molecule is NC(=O)c1cc(-c2cccnc2[C@H](Cc2cc(F)cc(F)c2)NC(=O)Cn2nc(C(F)(F)F)c3c2CCC(F)(F)C3)ccc1F. The normalized spacial score (nSPS) is 14.9. The maximum absolute atomic E-state index is 14.2. The van der Waals surface area contributed by atoms with Crippen molar-refractivity contribution in [2.24, 2.45) is 5.73 Å². The molecule has 0 saturated heterocycles. The van der Waals surface area contributed by atoms with Gasteiger partial charge in [0.15, 0.2) is 5.69 Å². The molecule has 0 spiro atoms. The third-order valence-corrected chi connectivity index (χ3v) is 7.30. The zero-order valence-corrected chi connectivity index (χ0v) is 23.1. The molecule has 0 saturated carbocycles. The van der Waals surface area contributed by atoms with Gasteiger partial charge in [-0.25, -0.2) is 22.0 Å². The van der Waals surface area contributed by atoms with Gasteiger partial charge in [0.1, 0.15) is 24.0 Å². The Morgan fingerprint density at radius 2 is 1.76 bits per heavy atom. The van der Waals surface area contributed by atoms with E-state index in [1.807, 2.05) is 0 Å². The van der Waals surface area contributed by atoms with Gasteiger partial charge in [-0.15, -0.1) is 0 Å². The van der Waals surface area contributed by atoms with Gasteiger partial charge in [0.25, 0.3) is 11.8 Å². The van der Waals surface area contributed by atoms with Crippen molar-refractivity contribution in [3.63, 3.8) is 0 Å². The monoisotopic (exact) mass is 637 g/mol. The Labute approximate surface area is 250 Å². The minimum Gasteiger partial charge on any atom is -0.366 e. The molecule has 236 valence electrons. The van der Waals surface area contributed by atoms with Crippen molar-refractivity contribution in [2.45, 2.75) is 50.4 Å². The second kappa shape index (κ2) is 11.9. The van der Waals surface area contributed by atoms with Crippen molar-refractivity contribution in [3.8, 4) is 11.1 Å². The van der Waals surface area contributed by atoms with Gasteiger partial charge < -0.3 is 11.1 Å². The Morgan fingerprint density at radius 1 is 1.04 bits per heavy atom. The molecule has 0 bridgehead atoms. The first kappa shape index (κ1) is 31.6. The van der Waals surface area contributed by atoms with E-state index in [9.17, 15) is 44.7 Å². The van der Waals surface area contributed by atoms with Crippen molar-refractivity contribution in [3.05, 3.63) is 106 Å². The Balaban J connectivity index is 1.53. The highest BCUT2D eigenvalue weighted by Crippen LogP contribution is 2.40. The highest BCUT2D eigenvalue weighted by atomic mass is 19.4. The number of amides is 2. The number of halogens is 8. The van der Waals surface area contributed by atoms with Crippen LogP contribution in [0, 0.1) is 17.5 Å². The molecular weight excluding hydrogens is 614 g/mol. The highest BCUT2D eigenvalue weighted by Gasteiger charge is 2.45. The summed E-state index contributed by atoms with van der Waals surface area (Å²) < 4.78 is 112. The first-order chi connectivity index (χ1) is 21.1. The summed E-state index contributed by atoms with van der Waals surface area (Å²) in [7, 11) is 0. The molecule has 0 aliphatic heterocycles. The van der Waals surface area contributed by atoms with Crippen LogP contribution >= 0.6 is 0 Å². The van der Waals surface area contributed by atoms with Gasteiger partial charge in [-0.1, -0.05) is 12.1 Å². The fraction of sp³-hybridized carbons (Fsp3) is 0.267. The van der Waals surface area contributed by atoms with E-state index in [4.69, 9.17) is 5.73 Å². The minimum atomic E-state index is -5.05. The number of hydrogen-bond acceptors (Lipinski definition) is 4. The van der Waals surface area contributed by atoms with E-state index in [1.165, 1.54) is 24.4 Å². The molecule has 1 atom stereocenters. The largest absolute Gasteiger partial charge is 0.435 e. The average Bonchev–Trinajstić information content (AvgIpc) is 3.28. The second-order valence-electron chi connectivity index (χ2n) is 10.6. The molecule has 3 N–H and O–H groups in total. The molecule has 5 rings (SSSR count). The van der Waals surface area contributed by atoms with Crippen LogP contribution in [0.25, 0.3) is 11.1 Å². The zero-order valence-electron chi connectivity index (χ0n) is 23.1. The number of fused-ring (bicyclic) bond motifs is 1. The van der Waals surface area contributed by atoms with Crippen LogP contribution in [-0.2, 0) is 36.8 Å². The number of carbonyl (C=O) groups excluding carboxylic acids is 2. The molecular formula is C30H23F8N5O2. The molecule has 7 nitrogen and oxygen atoms in total. The minimum absolute atomic E-state index is 0.0735. The van der Waals surface area contributed by atoms with Crippen LogP contribution in [-0.4, -0.2) is 32.5 Å². The number of nitrogens with one attached hydrogen (secondary N) is 1. The summed E-state index contributed by atoms with van der Waals surface area (Å²) in [6, 6.07) is 7.94. The maximum atomic E-state index is 14.2. The summed E-state index contributed by atoms with van der Waals surface area (Å²) in [5.74, 6) is -8.07. The van der Waals surface area contributed by atoms with Crippen molar-refractivity contribution in [1.82, 2.24) is 20.1 Å². The third kappa shape index (κ3) is 6.97. The van der Waals surface area contributed by atoms with E-state index < -0.39 is 90.0 Å². The van der Waals surface area contributed by atoms with E-state index in [0.717, 1.165) is 28.9 Å². The molecule has 45 heavy (non-hydrogen) atoms. The number of benzene rings is 2. The summed E-state index contributed by atoms with van der Waals surface area (Å²) >= 11 is 0. The Bertz CT molecular complexity index is 1770. The second-order valence-corrected chi connectivity index (χ2v) is 10.6. The molecule has 1 aliphatic carbocycles. The van der Waals surface area contributed by atoms with Gasteiger partial charge in [0.05, 0.1) is 17.3 Å². The first-order valence-electron chi connectivity index (χ1n) is 13.4. The van der Waals surface area contributed by atoms with Crippen molar-refractivity contribution < 1.29 is 44.7 Å². The number of nitrogens with zero attached hydrogens (tertiary/aromatic N) is 3. The molecule has 2 heterocycles. The van der Waals surface area contributed by atoms with Crippen LogP contribution in [0.15, 0.2) is 54.7 Å². The number of primary amides is 1. The number of rotatable bonds is 8. The van der Waals surface area contributed by atoms with Crippen molar-refractivity contribution in [1.29, 1.82) is 0 Å². The molecule has 2 aromatic heterocycles. The van der Waals surface area contributed by atoms with E-state index in [0.29, 0.717) is 6.07 Å². The van der Waals surface area contributed by atoms with E-state index in [2.05, 4.69) is 15.4 Å². The highest BCUT2D eigenvalue weighted by molar-refractivity contribution is 5.94. The molecule has 2 amide bonds. The molecule has 1 aliphatic rings. The fourth-order valence-electron chi connectivity index (χ4n) is 5.38. The topological polar surface area (TPSA) is 103 Å². The zero-order chi connectivity index (χ0) is 32.7. The van der Waals surface area contributed by atoms with Crippen LogP contribution in [0.1, 0.15) is 51.0 Å². The molecule has 15 heteroatoms. The van der Waals surface area contributed by atoms with E-state index in [1.54, 1.807) is 0 Å². The van der Waals surface area contributed by atoms with Crippen LogP contribution in [0.3, 0.4) is 0 Å². The van der Waals surface area contributed by atoms with Crippen LogP contribution < -0.4 is 11.1 Å². The average molecular weight is 638 g/mol. The Hall–Kier alpha value is -4.82. The van der Waals surface area contributed by atoms with Crippen molar-refractivity contribution >= 4 is 11.8 Å². The van der Waals surface area contributed by atoms with Gasteiger partial charge in [0, 0.05) is 41.9 Å². The van der Waals surface area contributed by atoms with Crippen molar-refractivity contribution in [2.75, 3.05) is 0 Å². The summed E-state index contributed by atoms with van der Waals surface area (Å²) in [5, 5.41) is 6.06. The summed E-state index contributed by atoms with van der Waals surface area (Å²) in [6.45, 7) is -0.803. The maximum Gasteiger partial charge on any atom is 0.435 e. The van der Waals surface area contributed by atoms with Gasteiger partial charge in [0.2, 0.25) is 5.91 Å². The third-order valence-electron chi connectivity index (χ3n) is 7.30. The fourth-order valence-corrected chi connectivity index (χ4v) is 5.38. The molecule has 4 aromatic rings. The van der Waals surface area contributed by atoms with Gasteiger partial charge in [-0.05, 0) is 54.3 Å². The molecule has 0 unspecified atom stereocenters. The van der Waals surface area contributed by atoms with E-state index in [-0.39, 0.29) is 34.5 Å². The summed E-state index contributed by atoms with van der Waals surface area (Å²) in [6.07, 6.45) is -6.36. The Morgan fingerprint density at radius 3 is 2.42 bits per heavy atom. The standard InChI is InChI=1S/C30H23F8N5O2/c31-17-8-15(9-18(32)12-17)10-23(26-19(2-1-7-40-26)16-3-4-22(33)20(11-16)28(39)45)41-25(44)14-43-24-5-6-29(34,35)13-21(24)27(42-43)30(36,37)38/h1-4,7-9,11-12,23H,5-6,10,13-14H2,(H2,39,45)(H,41,44)/t23-/m0/s1. The van der Waals surface area contributed by atoms with Crippen LogP contribution in [0.5, 0.6) is 0 Å². The summed E-state index contributed by atoms with van der Waals surface area (Å²) in [5.41, 5.74) is 3.16. The predicted octanol–water partition coefficient (Wildman–Crippen LogP) is 5.70. The lowest BCUT2D eigenvalue weighted by Crippen LogP contribution is -2.35. The Kier molecular flexibility index (Phi) is 8.38. The smallest absolute Gasteiger partial charge is 0.366 e. The lowest BCUT2D eigenvalue weighted by molar-refractivity contribution is -0.143. The lowest BCUT2D eigenvalue weighted by atomic mass is 9.92. The summed E-state index contributed by atoms with van der Waals surface area (Å²) in [4.78, 5) is 29.4. The van der Waals surface area contributed by atoms with Crippen LogP contribution in [0.2, 0.25) is 0 Å². The van der Waals surface area contributed by atoms with Gasteiger partial charge >= 0.3 is 6.18 Å². The molecule has 0 radical (unpaired) electrons. The van der Waals surface area contributed by atoms with E-state index >= 15 is 0 Å². The number of pyridine rings is 1. The molecule has 2 aromatic carbocycles. The number of carbonyl (C=O) groups is 2. The van der Waals surface area contributed by atoms with Gasteiger partial charge in [-0.2, -0.15) is 18.3 Å². The number of alkyl halides is 5. The molecule has 0 fully saturated rings. The quantitative estimate of drug-likeness (QED) is 0.242. The first-order valence-corrected chi connectivity index (χ1v) is 13.4. The van der Waals surface area contributed by atoms with Crippen LogP contribution in [0.4, 0.5) is 35.1 Å².